The van der Waals surface area contributed by atoms with Crippen molar-refractivity contribution in [3.05, 3.63) is 40.3 Å². The SMILES string of the molecule is CCCCn1nc2c(c1NC(=O)CS(C)(=O)=O)C(=O)N[C@]1(CCc3cc(OCC)cc(F)c31)C2. The molecule has 0 saturated heterocycles. The van der Waals surface area contributed by atoms with Crippen molar-refractivity contribution in [3.63, 3.8) is 0 Å². The average Bonchev–Trinajstić information content (AvgIpc) is 3.24. The number of sulfone groups is 1. The lowest BCUT2D eigenvalue weighted by Crippen LogP contribution is -2.50. The summed E-state index contributed by atoms with van der Waals surface area (Å²) >= 11 is 0. The smallest absolute Gasteiger partial charge is 0.257 e. The Hall–Kier alpha value is -2.95. The number of amides is 2. The number of halogens is 1. The van der Waals surface area contributed by atoms with Crippen molar-refractivity contribution >= 4 is 27.5 Å². The molecule has 1 aromatic carbocycles. The summed E-state index contributed by atoms with van der Waals surface area (Å²) in [5.74, 6) is -1.72. The monoisotopic (exact) mass is 492 g/mol. The predicted octanol–water partition coefficient (Wildman–Crippen LogP) is 2.33. The average molecular weight is 493 g/mol. The maximum atomic E-state index is 15.2. The van der Waals surface area contributed by atoms with Crippen molar-refractivity contribution < 1.29 is 27.1 Å². The molecule has 2 N–H and O–H groups in total. The summed E-state index contributed by atoms with van der Waals surface area (Å²) in [5.41, 5.74) is 0.950. The molecular weight excluding hydrogens is 463 g/mol. The van der Waals surface area contributed by atoms with E-state index in [2.05, 4.69) is 15.7 Å². The van der Waals surface area contributed by atoms with Gasteiger partial charge in [0, 0.05) is 30.9 Å². The highest BCUT2D eigenvalue weighted by atomic mass is 32.2. The second-order valence-corrected chi connectivity index (χ2v) is 11.1. The number of aromatic nitrogens is 2. The summed E-state index contributed by atoms with van der Waals surface area (Å²) in [6.07, 6.45) is 3.93. The highest BCUT2D eigenvalue weighted by Gasteiger charge is 2.48. The lowest BCUT2D eigenvalue weighted by molar-refractivity contribution is -0.113. The molecule has 1 aliphatic carbocycles. The van der Waals surface area contributed by atoms with Crippen molar-refractivity contribution in [3.8, 4) is 5.75 Å². The molecule has 0 unspecified atom stereocenters. The summed E-state index contributed by atoms with van der Waals surface area (Å²) in [5, 5.41) is 10.2. The van der Waals surface area contributed by atoms with Gasteiger partial charge in [-0.2, -0.15) is 5.10 Å². The van der Waals surface area contributed by atoms with E-state index in [4.69, 9.17) is 4.74 Å². The Morgan fingerprint density at radius 3 is 2.79 bits per heavy atom. The third-order valence-corrected chi connectivity index (χ3v) is 6.99. The van der Waals surface area contributed by atoms with Crippen molar-refractivity contribution in [2.75, 3.05) is 23.9 Å². The molecule has 1 aliphatic heterocycles. The van der Waals surface area contributed by atoms with Crippen LogP contribution in [-0.4, -0.2) is 48.6 Å². The van der Waals surface area contributed by atoms with Crippen LogP contribution in [0, 0.1) is 5.82 Å². The maximum Gasteiger partial charge on any atom is 0.257 e. The van der Waals surface area contributed by atoms with Crippen molar-refractivity contribution in [1.29, 1.82) is 0 Å². The molecule has 2 aromatic rings. The molecule has 0 radical (unpaired) electrons. The molecule has 2 heterocycles. The first-order valence-electron chi connectivity index (χ1n) is 11.4. The van der Waals surface area contributed by atoms with Gasteiger partial charge in [0.1, 0.15) is 28.7 Å². The molecule has 0 saturated carbocycles. The molecule has 4 rings (SSSR count). The zero-order valence-electron chi connectivity index (χ0n) is 19.5. The number of hydrogen-bond donors (Lipinski definition) is 2. The number of ether oxygens (including phenoxy) is 1. The highest BCUT2D eigenvalue weighted by Crippen LogP contribution is 2.45. The topological polar surface area (TPSA) is 119 Å². The zero-order chi connectivity index (χ0) is 24.7. The van der Waals surface area contributed by atoms with Gasteiger partial charge in [-0.1, -0.05) is 13.3 Å². The number of unbranched alkanes of at least 4 members (excludes halogenated alkanes) is 1. The van der Waals surface area contributed by atoms with E-state index in [0.29, 0.717) is 43.0 Å². The van der Waals surface area contributed by atoms with Crippen LogP contribution in [0.4, 0.5) is 10.2 Å². The number of anilines is 1. The number of hydrogen-bond acceptors (Lipinski definition) is 6. The van der Waals surface area contributed by atoms with Gasteiger partial charge in [0.2, 0.25) is 5.91 Å². The predicted molar refractivity (Wildman–Crippen MR) is 124 cm³/mol. The first kappa shape index (κ1) is 24.2. The minimum absolute atomic E-state index is 0.176. The fourth-order valence-corrected chi connectivity index (χ4v) is 5.43. The van der Waals surface area contributed by atoms with Crippen LogP contribution < -0.4 is 15.4 Å². The molecule has 34 heavy (non-hydrogen) atoms. The standard InChI is InChI=1S/C23H29FN4O5S/c1-4-6-9-28-21(25-18(29)13-34(3,31)32)19-17(27-28)12-23(26-22(19)30)8-7-14-10-15(33-5-2)11-16(24)20(14)23/h10-11H,4-9,12-13H2,1-3H3,(H,25,29)(H,26,30)/t23-/m1/s1. The van der Waals surface area contributed by atoms with Crippen LogP contribution in [0.3, 0.4) is 0 Å². The maximum absolute atomic E-state index is 15.2. The largest absolute Gasteiger partial charge is 0.494 e. The summed E-state index contributed by atoms with van der Waals surface area (Å²) in [6.45, 7) is 4.70. The Labute approximate surface area is 198 Å². The number of nitrogens with zero attached hydrogens (tertiary/aromatic N) is 2. The van der Waals surface area contributed by atoms with Gasteiger partial charge < -0.3 is 15.4 Å². The first-order valence-corrected chi connectivity index (χ1v) is 13.5. The van der Waals surface area contributed by atoms with Crippen LogP contribution in [0.15, 0.2) is 12.1 Å². The van der Waals surface area contributed by atoms with Gasteiger partial charge in [-0.15, -0.1) is 0 Å². The van der Waals surface area contributed by atoms with E-state index < -0.39 is 38.8 Å². The molecule has 9 nitrogen and oxygen atoms in total. The molecule has 1 aromatic heterocycles. The lowest BCUT2D eigenvalue weighted by atomic mass is 9.82. The molecule has 2 amide bonds. The van der Waals surface area contributed by atoms with Crippen LogP contribution in [0.2, 0.25) is 0 Å². The van der Waals surface area contributed by atoms with Gasteiger partial charge >= 0.3 is 0 Å². The van der Waals surface area contributed by atoms with Crippen molar-refractivity contribution in [2.45, 2.75) is 58.0 Å². The van der Waals surface area contributed by atoms with E-state index in [1.54, 1.807) is 0 Å². The normalized spacial score (nSPS) is 19.0. The first-order chi connectivity index (χ1) is 16.1. The van der Waals surface area contributed by atoms with Gasteiger partial charge in [0.15, 0.2) is 9.84 Å². The Bertz CT molecular complexity index is 1260. The van der Waals surface area contributed by atoms with E-state index in [-0.39, 0.29) is 17.8 Å². The van der Waals surface area contributed by atoms with E-state index in [9.17, 15) is 18.0 Å². The van der Waals surface area contributed by atoms with E-state index in [1.165, 1.54) is 10.7 Å². The number of benzene rings is 1. The minimum Gasteiger partial charge on any atom is -0.494 e. The number of aryl methyl sites for hydroxylation is 2. The molecular formula is C23H29FN4O5S. The van der Waals surface area contributed by atoms with Gasteiger partial charge in [0.25, 0.3) is 5.91 Å². The Morgan fingerprint density at radius 1 is 1.35 bits per heavy atom. The second kappa shape index (κ2) is 9.01. The minimum atomic E-state index is -3.55. The summed E-state index contributed by atoms with van der Waals surface area (Å²) < 4.78 is 45.3. The van der Waals surface area contributed by atoms with E-state index in [0.717, 1.165) is 24.7 Å². The van der Waals surface area contributed by atoms with Crippen LogP contribution in [-0.2, 0) is 39.6 Å². The fourth-order valence-electron chi connectivity index (χ4n) is 4.88. The summed E-state index contributed by atoms with van der Waals surface area (Å²) in [6, 6.07) is 3.16. The van der Waals surface area contributed by atoms with Crippen LogP contribution in [0.5, 0.6) is 5.75 Å². The number of fused-ring (bicyclic) bond motifs is 3. The molecule has 11 heteroatoms. The van der Waals surface area contributed by atoms with Gasteiger partial charge in [-0.05, 0) is 37.8 Å². The van der Waals surface area contributed by atoms with Gasteiger partial charge in [-0.3, -0.25) is 9.59 Å². The van der Waals surface area contributed by atoms with Crippen LogP contribution >= 0.6 is 0 Å². The van der Waals surface area contributed by atoms with E-state index >= 15 is 4.39 Å². The molecule has 1 atom stereocenters. The summed E-state index contributed by atoms with van der Waals surface area (Å²) in [7, 11) is -3.55. The Morgan fingerprint density at radius 2 is 2.12 bits per heavy atom. The Kier molecular flexibility index (Phi) is 6.41. The van der Waals surface area contributed by atoms with Crippen LogP contribution in [0.1, 0.15) is 60.3 Å². The number of carbonyl (C=O) groups excluding carboxylic acids is 2. The quantitative estimate of drug-likeness (QED) is 0.584. The zero-order valence-corrected chi connectivity index (χ0v) is 20.3. The Balaban J connectivity index is 1.73. The highest BCUT2D eigenvalue weighted by molar-refractivity contribution is 7.91. The fraction of sp³-hybridized carbons (Fsp3) is 0.522. The summed E-state index contributed by atoms with van der Waals surface area (Å²) in [4.78, 5) is 25.7. The third kappa shape index (κ3) is 4.53. The van der Waals surface area contributed by atoms with Crippen LogP contribution in [0.25, 0.3) is 0 Å². The van der Waals surface area contributed by atoms with Crippen molar-refractivity contribution in [2.24, 2.45) is 0 Å². The molecule has 0 fully saturated rings. The van der Waals surface area contributed by atoms with Gasteiger partial charge in [-0.25, -0.2) is 17.5 Å². The number of nitrogens with one attached hydrogen (secondary N) is 2. The molecule has 1 spiro atoms. The third-order valence-electron chi connectivity index (χ3n) is 6.20. The lowest BCUT2D eigenvalue weighted by Gasteiger charge is -2.35. The molecule has 2 aliphatic rings. The van der Waals surface area contributed by atoms with E-state index in [1.807, 2.05) is 19.9 Å². The number of carbonyl (C=O) groups is 2. The van der Waals surface area contributed by atoms with Gasteiger partial charge in [0.05, 0.1) is 17.8 Å². The number of rotatable bonds is 8. The van der Waals surface area contributed by atoms with Crippen molar-refractivity contribution in [1.82, 2.24) is 15.1 Å². The second-order valence-electron chi connectivity index (χ2n) is 8.95. The molecule has 184 valence electrons. The molecule has 0 bridgehead atoms.